The fourth-order valence-electron chi connectivity index (χ4n) is 8.85. The summed E-state index contributed by atoms with van der Waals surface area (Å²) in [5, 5.41) is 20.2. The average Bonchev–Trinajstić information content (AvgIpc) is 3.05. The Morgan fingerprint density at radius 2 is 1.81 bits per heavy atom. The van der Waals surface area contributed by atoms with Gasteiger partial charge in [0, 0.05) is 6.42 Å². The highest BCUT2D eigenvalue weighted by atomic mass is 16.4. The lowest BCUT2D eigenvalue weighted by Crippen LogP contribution is -2.54. The average molecular weight is 431 g/mol. The fourth-order valence-corrected chi connectivity index (χ4v) is 8.85. The maximum Gasteiger partial charge on any atom is 0.336 e. The molecule has 3 nitrogen and oxygen atoms in total. The van der Waals surface area contributed by atoms with Crippen LogP contribution in [0.15, 0.2) is 11.6 Å². The van der Waals surface area contributed by atoms with E-state index in [1.165, 1.54) is 50.5 Å². The van der Waals surface area contributed by atoms with Gasteiger partial charge in [-0.25, -0.2) is 4.79 Å². The molecule has 0 aliphatic heterocycles. The van der Waals surface area contributed by atoms with Crippen LogP contribution >= 0.6 is 0 Å². The van der Waals surface area contributed by atoms with Crippen molar-refractivity contribution in [2.45, 2.75) is 111 Å². The van der Waals surface area contributed by atoms with Crippen molar-refractivity contribution in [2.75, 3.05) is 0 Å². The zero-order valence-electron chi connectivity index (χ0n) is 20.6. The number of fused-ring (bicyclic) bond motifs is 5. The first-order chi connectivity index (χ1) is 14.5. The van der Waals surface area contributed by atoms with Crippen LogP contribution in [0.3, 0.4) is 0 Å². The van der Waals surface area contributed by atoms with Crippen molar-refractivity contribution in [3.05, 3.63) is 11.6 Å². The van der Waals surface area contributed by atoms with Crippen molar-refractivity contribution in [3.8, 4) is 0 Å². The second kappa shape index (κ2) is 8.19. The van der Waals surface area contributed by atoms with Gasteiger partial charge >= 0.3 is 5.97 Å². The van der Waals surface area contributed by atoms with E-state index in [9.17, 15) is 15.0 Å². The standard InChI is InChI=1S/C28H46O3/c1-18(2)7-6-8-19(3)22-11-12-23-21-10-9-20-17-28(31,25(29)30)16-15-26(20,4)24(21)13-14-27(22,23)5/h9,18-19,21-24,31H,6-8,10-17H2,1-5H3,(H,29,30)/t19-,21+,22-,23+,24+,26+,27-,28?/m1/s1. The Bertz CT molecular complexity index is 726. The molecule has 4 aliphatic carbocycles. The molecule has 0 amide bonds. The highest BCUT2D eigenvalue weighted by Crippen LogP contribution is 2.67. The monoisotopic (exact) mass is 430 g/mol. The number of rotatable bonds is 6. The molecule has 3 fully saturated rings. The minimum Gasteiger partial charge on any atom is -0.479 e. The van der Waals surface area contributed by atoms with Crippen molar-refractivity contribution in [2.24, 2.45) is 46.3 Å². The summed E-state index contributed by atoms with van der Waals surface area (Å²) in [5.74, 6) is 3.70. The maximum absolute atomic E-state index is 11.7. The number of carbonyl (C=O) groups is 1. The van der Waals surface area contributed by atoms with Gasteiger partial charge in [0.25, 0.3) is 0 Å². The highest BCUT2D eigenvalue weighted by Gasteiger charge is 2.60. The molecule has 3 heteroatoms. The quantitative estimate of drug-likeness (QED) is 0.453. The molecule has 0 aromatic heterocycles. The third-order valence-electron chi connectivity index (χ3n) is 10.8. The second-order valence-corrected chi connectivity index (χ2v) is 12.8. The van der Waals surface area contributed by atoms with Crippen LogP contribution in [0.4, 0.5) is 0 Å². The summed E-state index contributed by atoms with van der Waals surface area (Å²) in [6.07, 6.45) is 14.5. The third kappa shape index (κ3) is 3.81. The van der Waals surface area contributed by atoms with E-state index in [1.807, 2.05) is 0 Å². The lowest BCUT2D eigenvalue weighted by molar-refractivity contribution is -0.163. The van der Waals surface area contributed by atoms with E-state index in [0.29, 0.717) is 24.2 Å². The van der Waals surface area contributed by atoms with Crippen LogP contribution in [0.25, 0.3) is 0 Å². The van der Waals surface area contributed by atoms with Crippen molar-refractivity contribution >= 4 is 5.97 Å². The zero-order chi connectivity index (χ0) is 22.6. The Morgan fingerprint density at radius 3 is 2.48 bits per heavy atom. The summed E-state index contributed by atoms with van der Waals surface area (Å²) in [6.45, 7) is 12.2. The minimum absolute atomic E-state index is 0.0902. The van der Waals surface area contributed by atoms with E-state index in [0.717, 1.165) is 42.4 Å². The molecule has 0 bridgehead atoms. The number of allylic oxidation sites excluding steroid dienone is 1. The number of carboxylic acid groups (broad SMARTS) is 1. The second-order valence-electron chi connectivity index (χ2n) is 12.8. The predicted molar refractivity (Wildman–Crippen MR) is 126 cm³/mol. The summed E-state index contributed by atoms with van der Waals surface area (Å²) >= 11 is 0. The Labute approximate surface area is 190 Å². The lowest BCUT2D eigenvalue weighted by atomic mass is 9.46. The Kier molecular flexibility index (Phi) is 6.16. The molecule has 31 heavy (non-hydrogen) atoms. The Morgan fingerprint density at radius 1 is 1.06 bits per heavy atom. The largest absolute Gasteiger partial charge is 0.479 e. The Balaban J connectivity index is 1.51. The van der Waals surface area contributed by atoms with Crippen LogP contribution < -0.4 is 0 Å². The number of carboxylic acids is 1. The van der Waals surface area contributed by atoms with Crippen molar-refractivity contribution in [1.29, 1.82) is 0 Å². The molecule has 0 aromatic rings. The van der Waals surface area contributed by atoms with Gasteiger partial charge in [-0.1, -0.05) is 65.5 Å². The molecule has 4 aliphatic rings. The predicted octanol–water partition coefficient (Wildman–Crippen LogP) is 6.84. The molecule has 0 heterocycles. The molecular formula is C28H46O3. The summed E-state index contributed by atoms with van der Waals surface area (Å²) < 4.78 is 0. The maximum atomic E-state index is 11.7. The van der Waals surface area contributed by atoms with Gasteiger partial charge in [-0.3, -0.25) is 0 Å². The SMILES string of the molecule is CC(C)CCC[C@@H](C)[C@H]1CC[C@H]2[C@@H]3CC=C4CC(O)(C(=O)O)CC[C@]4(C)[C@H]3CC[C@]12C. The molecule has 0 saturated heterocycles. The number of aliphatic carboxylic acids is 1. The van der Waals surface area contributed by atoms with Crippen molar-refractivity contribution in [3.63, 3.8) is 0 Å². The van der Waals surface area contributed by atoms with Gasteiger partial charge in [0.2, 0.25) is 0 Å². The molecule has 3 saturated carbocycles. The van der Waals surface area contributed by atoms with Crippen LogP contribution in [0.5, 0.6) is 0 Å². The number of hydrogen-bond acceptors (Lipinski definition) is 2. The third-order valence-corrected chi connectivity index (χ3v) is 10.8. The highest BCUT2D eigenvalue weighted by molar-refractivity contribution is 5.78. The van der Waals surface area contributed by atoms with Crippen LogP contribution in [0, 0.1) is 46.3 Å². The van der Waals surface area contributed by atoms with E-state index in [4.69, 9.17) is 0 Å². The van der Waals surface area contributed by atoms with Crippen LogP contribution in [-0.2, 0) is 4.79 Å². The van der Waals surface area contributed by atoms with Gasteiger partial charge in [0.15, 0.2) is 5.60 Å². The number of aliphatic hydroxyl groups is 1. The zero-order valence-corrected chi connectivity index (χ0v) is 20.6. The molecule has 0 radical (unpaired) electrons. The normalized spacial score (nSPS) is 45.5. The van der Waals surface area contributed by atoms with Gasteiger partial charge in [0.1, 0.15) is 0 Å². The molecule has 0 spiro atoms. The summed E-state index contributed by atoms with van der Waals surface area (Å²) in [4.78, 5) is 11.7. The molecule has 1 unspecified atom stereocenters. The van der Waals surface area contributed by atoms with E-state index in [2.05, 4.69) is 40.7 Å². The van der Waals surface area contributed by atoms with E-state index in [1.54, 1.807) is 0 Å². The van der Waals surface area contributed by atoms with E-state index in [-0.39, 0.29) is 5.41 Å². The van der Waals surface area contributed by atoms with Gasteiger partial charge in [-0.2, -0.15) is 0 Å². The van der Waals surface area contributed by atoms with Gasteiger partial charge < -0.3 is 10.2 Å². The molecule has 2 N–H and O–H groups in total. The molecule has 8 atom stereocenters. The van der Waals surface area contributed by atoms with Crippen molar-refractivity contribution < 1.29 is 15.0 Å². The van der Waals surface area contributed by atoms with Crippen LogP contribution in [0.1, 0.15) is 105 Å². The Hall–Kier alpha value is -0.830. The lowest BCUT2D eigenvalue weighted by Gasteiger charge is -2.59. The summed E-state index contributed by atoms with van der Waals surface area (Å²) in [6, 6.07) is 0. The van der Waals surface area contributed by atoms with E-state index >= 15 is 0 Å². The first-order valence-electron chi connectivity index (χ1n) is 13.2. The van der Waals surface area contributed by atoms with Crippen LogP contribution in [0.2, 0.25) is 0 Å². The summed E-state index contributed by atoms with van der Waals surface area (Å²) in [5.41, 5.74) is 0.263. The number of hydrogen-bond donors (Lipinski definition) is 2. The topological polar surface area (TPSA) is 57.5 Å². The minimum atomic E-state index is -1.55. The molecule has 0 aromatic carbocycles. The van der Waals surface area contributed by atoms with Gasteiger partial charge in [-0.05, 0) is 91.3 Å². The van der Waals surface area contributed by atoms with Gasteiger partial charge in [0.05, 0.1) is 0 Å². The molecular weight excluding hydrogens is 384 g/mol. The van der Waals surface area contributed by atoms with E-state index < -0.39 is 11.6 Å². The molecule has 176 valence electrons. The smallest absolute Gasteiger partial charge is 0.336 e. The van der Waals surface area contributed by atoms with Gasteiger partial charge in [-0.15, -0.1) is 0 Å². The van der Waals surface area contributed by atoms with Crippen molar-refractivity contribution in [1.82, 2.24) is 0 Å². The first kappa shape index (κ1) is 23.3. The fraction of sp³-hybridized carbons (Fsp3) is 0.893. The molecule has 4 rings (SSSR count). The van der Waals surface area contributed by atoms with Crippen LogP contribution in [-0.4, -0.2) is 21.8 Å². The first-order valence-corrected chi connectivity index (χ1v) is 13.2. The summed E-state index contributed by atoms with van der Waals surface area (Å²) in [7, 11) is 0.